The zero-order valence-electron chi connectivity index (χ0n) is 7.14. The normalized spacial score (nSPS) is 28.4. The summed E-state index contributed by atoms with van der Waals surface area (Å²) < 4.78 is 0. The van der Waals surface area contributed by atoms with E-state index in [-0.39, 0.29) is 6.04 Å². The summed E-state index contributed by atoms with van der Waals surface area (Å²) in [4.78, 5) is 0. The minimum Gasteiger partial charge on any atom is -0.317 e. The summed E-state index contributed by atoms with van der Waals surface area (Å²) in [5.41, 5.74) is 2.27. The summed E-state index contributed by atoms with van der Waals surface area (Å²) in [5.74, 6) is 0. The quantitative estimate of drug-likeness (QED) is 0.534. The summed E-state index contributed by atoms with van der Waals surface area (Å²) >= 11 is 0. The van der Waals surface area contributed by atoms with Crippen LogP contribution in [0.4, 0.5) is 0 Å². The molecule has 0 aliphatic carbocycles. The van der Waals surface area contributed by atoms with Gasteiger partial charge in [0.25, 0.3) is 0 Å². The SMILES string of the molecule is CC(CC1CCCCN1)NO. The van der Waals surface area contributed by atoms with Crippen LogP contribution in [-0.4, -0.2) is 23.8 Å². The number of hydroxylamine groups is 1. The van der Waals surface area contributed by atoms with E-state index < -0.39 is 0 Å². The Morgan fingerprint density at radius 3 is 3.00 bits per heavy atom. The maximum atomic E-state index is 8.59. The first-order chi connectivity index (χ1) is 5.33. The summed E-state index contributed by atoms with van der Waals surface area (Å²) in [5, 5.41) is 12.0. The van der Waals surface area contributed by atoms with E-state index >= 15 is 0 Å². The van der Waals surface area contributed by atoms with E-state index in [4.69, 9.17) is 5.21 Å². The third-order valence-electron chi connectivity index (χ3n) is 2.27. The van der Waals surface area contributed by atoms with Crippen LogP contribution in [-0.2, 0) is 0 Å². The molecule has 0 saturated carbocycles. The van der Waals surface area contributed by atoms with Gasteiger partial charge in [-0.2, -0.15) is 0 Å². The first-order valence-corrected chi connectivity index (χ1v) is 4.46. The molecular weight excluding hydrogens is 140 g/mol. The predicted molar refractivity (Wildman–Crippen MR) is 44.6 cm³/mol. The molecule has 66 valence electrons. The molecular formula is C8H18N2O. The lowest BCUT2D eigenvalue weighted by molar-refractivity contribution is 0.121. The fourth-order valence-corrected chi connectivity index (χ4v) is 1.60. The highest BCUT2D eigenvalue weighted by Gasteiger charge is 2.14. The standard InChI is InChI=1S/C8H18N2O/c1-7(10-11)6-8-4-2-3-5-9-8/h7-11H,2-6H2,1H3. The Morgan fingerprint density at radius 1 is 1.64 bits per heavy atom. The molecule has 1 heterocycles. The van der Waals surface area contributed by atoms with Crippen molar-refractivity contribution < 1.29 is 5.21 Å². The first-order valence-electron chi connectivity index (χ1n) is 4.46. The fraction of sp³-hybridized carbons (Fsp3) is 1.00. The molecule has 2 atom stereocenters. The Labute approximate surface area is 68.1 Å². The molecule has 0 spiro atoms. The maximum absolute atomic E-state index is 8.59. The zero-order chi connectivity index (χ0) is 8.10. The van der Waals surface area contributed by atoms with E-state index in [1.807, 2.05) is 6.92 Å². The monoisotopic (exact) mass is 158 g/mol. The highest BCUT2D eigenvalue weighted by Crippen LogP contribution is 2.11. The van der Waals surface area contributed by atoms with E-state index in [0.717, 1.165) is 13.0 Å². The van der Waals surface area contributed by atoms with Crippen LogP contribution >= 0.6 is 0 Å². The van der Waals surface area contributed by atoms with Crippen LogP contribution in [0.15, 0.2) is 0 Å². The van der Waals surface area contributed by atoms with Crippen LogP contribution in [0.2, 0.25) is 0 Å². The number of rotatable bonds is 3. The Hall–Kier alpha value is -0.120. The first kappa shape index (κ1) is 8.97. The highest BCUT2D eigenvalue weighted by molar-refractivity contribution is 4.75. The average Bonchev–Trinajstić information content (AvgIpc) is 2.06. The summed E-state index contributed by atoms with van der Waals surface area (Å²) in [6.45, 7) is 3.14. The third-order valence-corrected chi connectivity index (χ3v) is 2.27. The van der Waals surface area contributed by atoms with Gasteiger partial charge in [-0.25, -0.2) is 5.48 Å². The van der Waals surface area contributed by atoms with E-state index in [0.29, 0.717) is 6.04 Å². The lowest BCUT2D eigenvalue weighted by atomic mass is 9.99. The Balaban J connectivity index is 2.13. The van der Waals surface area contributed by atoms with Crippen molar-refractivity contribution in [1.82, 2.24) is 10.8 Å². The molecule has 0 bridgehead atoms. The Bertz CT molecular complexity index is 102. The minimum absolute atomic E-state index is 0.214. The molecule has 0 amide bonds. The molecule has 1 aliphatic rings. The lowest BCUT2D eigenvalue weighted by Gasteiger charge is -2.25. The van der Waals surface area contributed by atoms with Crippen LogP contribution in [0.5, 0.6) is 0 Å². The molecule has 1 saturated heterocycles. The van der Waals surface area contributed by atoms with Crippen LogP contribution in [0.25, 0.3) is 0 Å². The van der Waals surface area contributed by atoms with Gasteiger partial charge >= 0.3 is 0 Å². The molecule has 3 nitrogen and oxygen atoms in total. The van der Waals surface area contributed by atoms with E-state index in [2.05, 4.69) is 10.8 Å². The zero-order valence-corrected chi connectivity index (χ0v) is 7.14. The minimum atomic E-state index is 0.214. The van der Waals surface area contributed by atoms with Gasteiger partial charge in [-0.1, -0.05) is 6.42 Å². The second-order valence-electron chi connectivity index (χ2n) is 3.41. The molecule has 3 heteroatoms. The molecule has 0 aromatic carbocycles. The molecule has 0 aromatic heterocycles. The van der Waals surface area contributed by atoms with Gasteiger partial charge < -0.3 is 10.5 Å². The van der Waals surface area contributed by atoms with E-state index in [9.17, 15) is 0 Å². The van der Waals surface area contributed by atoms with Gasteiger partial charge in [0.2, 0.25) is 0 Å². The van der Waals surface area contributed by atoms with Gasteiger partial charge in [0.1, 0.15) is 0 Å². The maximum Gasteiger partial charge on any atom is 0.0306 e. The van der Waals surface area contributed by atoms with Crippen molar-refractivity contribution in [3.63, 3.8) is 0 Å². The van der Waals surface area contributed by atoms with Gasteiger partial charge in [-0.05, 0) is 32.7 Å². The Kier molecular flexibility index (Phi) is 3.83. The molecule has 1 aliphatic heterocycles. The summed E-state index contributed by atoms with van der Waals surface area (Å²) in [6, 6.07) is 0.823. The largest absolute Gasteiger partial charge is 0.317 e. The average molecular weight is 158 g/mol. The van der Waals surface area contributed by atoms with Crippen LogP contribution in [0.1, 0.15) is 32.6 Å². The molecule has 1 rings (SSSR count). The van der Waals surface area contributed by atoms with Crippen LogP contribution in [0.3, 0.4) is 0 Å². The second-order valence-corrected chi connectivity index (χ2v) is 3.41. The number of nitrogens with one attached hydrogen (secondary N) is 2. The summed E-state index contributed by atoms with van der Waals surface area (Å²) in [6.07, 6.45) is 4.91. The van der Waals surface area contributed by atoms with Gasteiger partial charge in [-0.3, -0.25) is 0 Å². The highest BCUT2D eigenvalue weighted by atomic mass is 16.5. The molecule has 11 heavy (non-hydrogen) atoms. The van der Waals surface area contributed by atoms with Crippen molar-refractivity contribution in [3.05, 3.63) is 0 Å². The molecule has 3 N–H and O–H groups in total. The van der Waals surface area contributed by atoms with Gasteiger partial charge in [0.15, 0.2) is 0 Å². The predicted octanol–water partition coefficient (Wildman–Crippen LogP) is 0.886. The molecule has 0 aromatic rings. The molecule has 2 unspecified atom stereocenters. The van der Waals surface area contributed by atoms with E-state index in [1.54, 1.807) is 0 Å². The van der Waals surface area contributed by atoms with Crippen molar-refractivity contribution >= 4 is 0 Å². The lowest BCUT2D eigenvalue weighted by Crippen LogP contribution is -2.39. The molecule has 0 radical (unpaired) electrons. The smallest absolute Gasteiger partial charge is 0.0306 e. The topological polar surface area (TPSA) is 44.3 Å². The third kappa shape index (κ3) is 3.18. The fourth-order valence-electron chi connectivity index (χ4n) is 1.60. The number of piperidine rings is 1. The van der Waals surface area contributed by atoms with Crippen LogP contribution in [0, 0.1) is 0 Å². The van der Waals surface area contributed by atoms with Crippen molar-refractivity contribution in [2.75, 3.05) is 6.54 Å². The van der Waals surface area contributed by atoms with Crippen molar-refractivity contribution in [3.8, 4) is 0 Å². The van der Waals surface area contributed by atoms with Gasteiger partial charge in [0, 0.05) is 12.1 Å². The van der Waals surface area contributed by atoms with Gasteiger partial charge in [-0.15, -0.1) is 0 Å². The van der Waals surface area contributed by atoms with Crippen molar-refractivity contribution in [2.24, 2.45) is 0 Å². The number of hydrogen-bond donors (Lipinski definition) is 3. The van der Waals surface area contributed by atoms with Gasteiger partial charge in [0.05, 0.1) is 0 Å². The van der Waals surface area contributed by atoms with Crippen LogP contribution < -0.4 is 10.8 Å². The van der Waals surface area contributed by atoms with Crippen molar-refractivity contribution in [2.45, 2.75) is 44.7 Å². The second kappa shape index (κ2) is 4.70. The number of hydrogen-bond acceptors (Lipinski definition) is 3. The van der Waals surface area contributed by atoms with E-state index in [1.165, 1.54) is 19.3 Å². The summed E-state index contributed by atoms with van der Waals surface area (Å²) in [7, 11) is 0. The Morgan fingerprint density at radius 2 is 2.45 bits per heavy atom. The molecule has 1 fully saturated rings. The van der Waals surface area contributed by atoms with Crippen molar-refractivity contribution in [1.29, 1.82) is 0 Å².